The Morgan fingerprint density at radius 2 is 1.74 bits per heavy atom. The number of aromatic nitrogens is 2. The smallest absolute Gasteiger partial charge is 0.257 e. The van der Waals surface area contributed by atoms with Crippen LogP contribution in [-0.4, -0.2) is 59.3 Å². The van der Waals surface area contributed by atoms with E-state index in [2.05, 4.69) is 5.10 Å². The van der Waals surface area contributed by atoms with Gasteiger partial charge < -0.3 is 10.6 Å². The molecule has 0 unspecified atom stereocenters. The molecule has 2 aromatic heterocycles. The highest BCUT2D eigenvalue weighted by molar-refractivity contribution is 7.89. The van der Waals surface area contributed by atoms with Gasteiger partial charge in [0.2, 0.25) is 10.0 Å². The van der Waals surface area contributed by atoms with Crippen molar-refractivity contribution in [1.29, 1.82) is 0 Å². The highest BCUT2D eigenvalue weighted by Gasteiger charge is 2.30. The lowest BCUT2D eigenvalue weighted by atomic mass is 9.90. The first kappa shape index (κ1) is 20.0. The quantitative estimate of drug-likeness (QED) is 0.629. The van der Waals surface area contributed by atoms with Crippen LogP contribution in [0.4, 0.5) is 5.69 Å². The second-order valence-corrected chi connectivity index (χ2v) is 10.2. The summed E-state index contributed by atoms with van der Waals surface area (Å²) in [4.78, 5) is 14.8. The van der Waals surface area contributed by atoms with Crippen molar-refractivity contribution in [2.24, 2.45) is 0 Å². The molecule has 2 N–H and O–H groups in total. The van der Waals surface area contributed by atoms with E-state index in [9.17, 15) is 13.2 Å². The minimum Gasteiger partial charge on any atom is -0.399 e. The largest absolute Gasteiger partial charge is 0.399 e. The van der Waals surface area contributed by atoms with Crippen molar-refractivity contribution in [2.75, 3.05) is 31.9 Å². The Bertz CT molecular complexity index is 1220. The summed E-state index contributed by atoms with van der Waals surface area (Å²) in [5.74, 6) is 0.271. The number of hydrogen-bond donors (Lipinski definition) is 1. The summed E-state index contributed by atoms with van der Waals surface area (Å²) in [6.45, 7) is 2.52. The van der Waals surface area contributed by atoms with E-state index in [0.717, 1.165) is 43.4 Å². The number of piperidine rings is 1. The summed E-state index contributed by atoms with van der Waals surface area (Å²) < 4.78 is 29.1. The number of nitrogens with two attached hydrogens (primary N) is 1. The molecule has 3 aromatic rings. The number of nitrogen functional groups attached to an aromatic ring is 1. The molecule has 2 fully saturated rings. The van der Waals surface area contributed by atoms with Gasteiger partial charge in [-0.15, -0.1) is 0 Å². The van der Waals surface area contributed by atoms with Gasteiger partial charge in [-0.25, -0.2) is 12.9 Å². The first-order valence-corrected chi connectivity index (χ1v) is 12.0. The zero-order chi connectivity index (χ0) is 21.6. The van der Waals surface area contributed by atoms with Gasteiger partial charge in [0.05, 0.1) is 22.2 Å². The van der Waals surface area contributed by atoms with Gasteiger partial charge >= 0.3 is 0 Å². The van der Waals surface area contributed by atoms with Crippen molar-refractivity contribution < 1.29 is 13.2 Å². The van der Waals surface area contributed by atoms with Crippen molar-refractivity contribution in [3.8, 4) is 0 Å². The van der Waals surface area contributed by atoms with Crippen LogP contribution >= 0.6 is 0 Å². The van der Waals surface area contributed by atoms with Crippen LogP contribution in [-0.2, 0) is 10.0 Å². The van der Waals surface area contributed by atoms with Crippen LogP contribution in [0.25, 0.3) is 5.52 Å². The van der Waals surface area contributed by atoms with Crippen molar-refractivity contribution in [2.45, 2.75) is 30.1 Å². The third-order valence-electron chi connectivity index (χ3n) is 6.36. The van der Waals surface area contributed by atoms with E-state index in [-0.39, 0.29) is 16.7 Å². The van der Waals surface area contributed by atoms with E-state index in [4.69, 9.17) is 5.73 Å². The minimum absolute atomic E-state index is 0.0304. The van der Waals surface area contributed by atoms with Gasteiger partial charge in [-0.1, -0.05) is 0 Å². The molecule has 4 heterocycles. The average Bonchev–Trinajstić information content (AvgIpc) is 3.16. The number of carbonyl (C=O) groups excluding carboxylic acids is 1. The number of likely N-dealkylation sites (tertiary alicyclic amines) is 1. The van der Waals surface area contributed by atoms with Gasteiger partial charge in [0.15, 0.2) is 0 Å². The molecule has 2 saturated heterocycles. The predicted octanol–water partition coefficient (Wildman–Crippen LogP) is 2.33. The Labute approximate surface area is 181 Å². The number of amides is 1. The lowest BCUT2D eigenvalue weighted by Crippen LogP contribution is -2.41. The van der Waals surface area contributed by atoms with Crippen molar-refractivity contribution in [1.82, 2.24) is 18.8 Å². The number of anilines is 1. The van der Waals surface area contributed by atoms with Gasteiger partial charge in [0.25, 0.3) is 5.91 Å². The Kier molecular flexibility index (Phi) is 4.94. The Balaban J connectivity index is 1.33. The van der Waals surface area contributed by atoms with Crippen LogP contribution in [0.3, 0.4) is 0 Å². The van der Waals surface area contributed by atoms with E-state index in [1.165, 1.54) is 0 Å². The van der Waals surface area contributed by atoms with E-state index in [1.54, 1.807) is 39.3 Å². The molecule has 0 bridgehead atoms. The number of fused-ring (bicyclic) bond motifs is 1. The highest BCUT2D eigenvalue weighted by atomic mass is 32.2. The molecule has 5 rings (SSSR count). The summed E-state index contributed by atoms with van der Waals surface area (Å²) in [6, 6.07) is 10.4. The lowest BCUT2D eigenvalue weighted by Gasteiger charge is -2.31. The molecular weight excluding hydrogens is 414 g/mol. The van der Waals surface area contributed by atoms with Crippen LogP contribution in [0.2, 0.25) is 0 Å². The van der Waals surface area contributed by atoms with E-state index in [1.807, 2.05) is 23.2 Å². The molecule has 2 aliphatic heterocycles. The van der Waals surface area contributed by atoms with Crippen LogP contribution in [0.5, 0.6) is 0 Å². The van der Waals surface area contributed by atoms with Gasteiger partial charge in [-0.3, -0.25) is 4.79 Å². The SMILES string of the molecule is Nc1ccc(S(=O)(=O)N2CCC(c3ccn4ncc(C(=O)N5CCC5)c4c3)CC2)cc1. The third-order valence-corrected chi connectivity index (χ3v) is 8.28. The number of rotatable bonds is 4. The second kappa shape index (κ2) is 7.65. The van der Waals surface area contributed by atoms with E-state index in [0.29, 0.717) is 24.3 Å². The molecule has 0 saturated carbocycles. The summed E-state index contributed by atoms with van der Waals surface area (Å²) >= 11 is 0. The third kappa shape index (κ3) is 3.57. The van der Waals surface area contributed by atoms with Crippen LogP contribution in [0.1, 0.15) is 41.1 Å². The molecule has 0 radical (unpaired) electrons. The Morgan fingerprint density at radius 1 is 1.03 bits per heavy atom. The standard InChI is InChI=1S/C22H25N5O3S/c23-18-2-4-19(5-3-18)31(29,30)26-11-6-16(7-12-26)17-8-13-27-21(14-17)20(15-24-27)22(28)25-9-1-10-25/h2-5,8,13-16H,1,6-7,9-12,23H2. The fourth-order valence-corrected chi connectivity index (χ4v) is 5.79. The molecule has 0 spiro atoms. The van der Waals surface area contributed by atoms with Gasteiger partial charge in [0, 0.05) is 38.1 Å². The molecule has 1 amide bonds. The van der Waals surface area contributed by atoms with Crippen LogP contribution in [0, 0.1) is 0 Å². The molecule has 1 aromatic carbocycles. The number of hydrogen-bond acceptors (Lipinski definition) is 5. The fourth-order valence-electron chi connectivity index (χ4n) is 4.32. The molecule has 9 heteroatoms. The first-order valence-electron chi connectivity index (χ1n) is 10.6. The summed E-state index contributed by atoms with van der Waals surface area (Å²) in [5, 5.41) is 4.32. The number of nitrogens with zero attached hydrogens (tertiary/aromatic N) is 4. The maximum atomic E-state index is 12.9. The number of sulfonamides is 1. The van der Waals surface area contributed by atoms with Gasteiger partial charge in [0.1, 0.15) is 0 Å². The zero-order valence-corrected chi connectivity index (χ0v) is 18.0. The fraction of sp³-hybridized carbons (Fsp3) is 0.364. The van der Waals surface area contributed by atoms with Crippen molar-refractivity contribution in [3.05, 3.63) is 59.9 Å². The maximum Gasteiger partial charge on any atom is 0.257 e. The predicted molar refractivity (Wildman–Crippen MR) is 117 cm³/mol. The van der Waals surface area contributed by atoms with Crippen LogP contribution < -0.4 is 5.73 Å². The highest BCUT2D eigenvalue weighted by Crippen LogP contribution is 2.32. The normalized spacial score (nSPS) is 18.3. The Morgan fingerprint density at radius 3 is 2.39 bits per heavy atom. The number of benzene rings is 1. The number of pyridine rings is 1. The van der Waals surface area contributed by atoms with E-state index >= 15 is 0 Å². The maximum absolute atomic E-state index is 12.9. The molecule has 162 valence electrons. The average molecular weight is 440 g/mol. The van der Waals surface area contributed by atoms with Crippen LogP contribution in [0.15, 0.2) is 53.7 Å². The molecule has 2 aliphatic rings. The number of carbonyl (C=O) groups is 1. The molecular formula is C22H25N5O3S. The van der Waals surface area contributed by atoms with Crippen molar-refractivity contribution >= 4 is 27.1 Å². The molecule has 0 aliphatic carbocycles. The minimum atomic E-state index is -3.52. The van der Waals surface area contributed by atoms with Crippen molar-refractivity contribution in [3.63, 3.8) is 0 Å². The molecule has 8 nitrogen and oxygen atoms in total. The Hall–Kier alpha value is -2.91. The monoisotopic (exact) mass is 439 g/mol. The summed E-state index contributed by atoms with van der Waals surface area (Å²) in [6.07, 6.45) is 6.03. The summed E-state index contributed by atoms with van der Waals surface area (Å²) in [7, 11) is -3.52. The second-order valence-electron chi connectivity index (χ2n) is 8.24. The van der Waals surface area contributed by atoms with Gasteiger partial charge in [-0.2, -0.15) is 9.40 Å². The zero-order valence-electron chi connectivity index (χ0n) is 17.1. The topological polar surface area (TPSA) is 101 Å². The first-order chi connectivity index (χ1) is 14.9. The molecule has 0 atom stereocenters. The lowest BCUT2D eigenvalue weighted by molar-refractivity contribution is 0.0654. The summed E-state index contributed by atoms with van der Waals surface area (Å²) in [5.41, 5.74) is 8.78. The van der Waals surface area contributed by atoms with Gasteiger partial charge in [-0.05, 0) is 67.1 Å². The molecule has 31 heavy (non-hydrogen) atoms. The van der Waals surface area contributed by atoms with E-state index < -0.39 is 10.0 Å².